The second-order valence-electron chi connectivity index (χ2n) is 7.00. The van der Waals surface area contributed by atoms with Gasteiger partial charge in [-0.15, -0.1) is 0 Å². The van der Waals surface area contributed by atoms with E-state index in [9.17, 15) is 0 Å². The third-order valence-electron chi connectivity index (χ3n) is 4.89. The number of likely N-dealkylation sites (tertiary alicyclic amines) is 1. The van der Waals surface area contributed by atoms with Crippen LogP contribution in [0.25, 0.3) is 0 Å². The molecule has 0 amide bonds. The molecule has 0 bridgehead atoms. The summed E-state index contributed by atoms with van der Waals surface area (Å²) in [7, 11) is 3.63. The first-order valence-electron chi connectivity index (χ1n) is 9.98. The molecule has 1 aromatic heterocycles. The topological polar surface area (TPSA) is 63.9 Å². The smallest absolute Gasteiger partial charge is 0.193 e. The summed E-state index contributed by atoms with van der Waals surface area (Å²) in [6.45, 7) is 6.35. The van der Waals surface area contributed by atoms with Crippen molar-refractivity contribution in [1.29, 1.82) is 0 Å². The Labute approximate surface area is 167 Å². The predicted molar refractivity (Wildman–Crippen MR) is 111 cm³/mol. The number of hydrogen-bond acceptors (Lipinski definition) is 4. The van der Waals surface area contributed by atoms with Crippen LogP contribution in [0.1, 0.15) is 31.2 Å². The van der Waals surface area contributed by atoms with Crippen LogP contribution in [0.4, 0.5) is 0 Å². The zero-order valence-corrected chi connectivity index (χ0v) is 17.1. The molecule has 0 radical (unpaired) electrons. The van der Waals surface area contributed by atoms with Gasteiger partial charge in [-0.1, -0.05) is 6.07 Å². The van der Waals surface area contributed by atoms with Crippen LogP contribution in [-0.4, -0.2) is 60.5 Å². The molecule has 1 saturated heterocycles. The molecule has 0 spiro atoms. The van der Waals surface area contributed by atoms with E-state index in [1.165, 1.54) is 5.56 Å². The number of aryl methyl sites for hydroxylation is 1. The largest absolute Gasteiger partial charge is 0.497 e. The summed E-state index contributed by atoms with van der Waals surface area (Å²) in [6.07, 6.45) is 6.10. The normalized spacial score (nSPS) is 17.0. The molecule has 1 unspecified atom stereocenters. The highest BCUT2D eigenvalue weighted by Gasteiger charge is 2.26. The maximum Gasteiger partial charge on any atom is 0.193 e. The molecule has 1 N–H and O–H groups in total. The Morgan fingerprint density at radius 3 is 2.96 bits per heavy atom. The fourth-order valence-corrected chi connectivity index (χ4v) is 3.43. The lowest BCUT2D eigenvalue weighted by molar-refractivity contribution is 0.310. The standard InChI is InChI=1S/C21H31N5O2/c1-4-22-21(26-11-9-17(16-26)18-14-24-25(2)15-18)23-10-6-12-28-20-8-5-7-19(13-20)27-3/h5,7-8,13-15,17H,4,6,9-12,16H2,1-3H3,(H,22,23). The van der Waals surface area contributed by atoms with Crippen LogP contribution in [0.15, 0.2) is 41.7 Å². The molecule has 152 valence electrons. The Balaban J connectivity index is 1.47. The summed E-state index contributed by atoms with van der Waals surface area (Å²) in [4.78, 5) is 7.15. The van der Waals surface area contributed by atoms with Crippen LogP contribution >= 0.6 is 0 Å². The Morgan fingerprint density at radius 2 is 2.21 bits per heavy atom. The highest BCUT2D eigenvalue weighted by molar-refractivity contribution is 5.80. The van der Waals surface area contributed by atoms with Crippen molar-refractivity contribution in [3.63, 3.8) is 0 Å². The highest BCUT2D eigenvalue weighted by atomic mass is 16.5. The van der Waals surface area contributed by atoms with Crippen LogP contribution in [0.2, 0.25) is 0 Å². The number of guanidine groups is 1. The predicted octanol–water partition coefficient (Wildman–Crippen LogP) is 2.65. The van der Waals surface area contributed by atoms with Gasteiger partial charge >= 0.3 is 0 Å². The van der Waals surface area contributed by atoms with Gasteiger partial charge in [0.25, 0.3) is 0 Å². The molecule has 2 aromatic rings. The van der Waals surface area contributed by atoms with E-state index < -0.39 is 0 Å². The van der Waals surface area contributed by atoms with Crippen LogP contribution in [0.5, 0.6) is 11.5 Å². The van der Waals surface area contributed by atoms with E-state index in [2.05, 4.69) is 28.4 Å². The number of hydrogen-bond donors (Lipinski definition) is 1. The number of aromatic nitrogens is 2. The number of nitrogens with one attached hydrogen (secondary N) is 1. The minimum absolute atomic E-state index is 0.522. The van der Waals surface area contributed by atoms with Crippen LogP contribution in [0, 0.1) is 0 Å². The van der Waals surface area contributed by atoms with Gasteiger partial charge in [0.15, 0.2) is 5.96 Å². The van der Waals surface area contributed by atoms with E-state index in [0.717, 1.165) is 56.5 Å². The summed E-state index contributed by atoms with van der Waals surface area (Å²) in [5.74, 6) is 3.15. The third-order valence-corrected chi connectivity index (χ3v) is 4.89. The van der Waals surface area contributed by atoms with Gasteiger partial charge in [-0.3, -0.25) is 9.67 Å². The summed E-state index contributed by atoms with van der Waals surface area (Å²) in [6, 6.07) is 7.69. The van der Waals surface area contributed by atoms with Crippen molar-refractivity contribution in [3.8, 4) is 11.5 Å². The molecule has 1 atom stereocenters. The van der Waals surface area contributed by atoms with Crippen molar-refractivity contribution >= 4 is 5.96 Å². The van der Waals surface area contributed by atoms with Crippen molar-refractivity contribution in [1.82, 2.24) is 20.0 Å². The van der Waals surface area contributed by atoms with Gasteiger partial charge in [0.2, 0.25) is 0 Å². The number of aliphatic imine (C=N–C) groups is 1. The number of benzene rings is 1. The Hall–Kier alpha value is -2.70. The van der Waals surface area contributed by atoms with E-state index in [1.807, 2.05) is 42.2 Å². The Kier molecular flexibility index (Phi) is 7.17. The zero-order valence-electron chi connectivity index (χ0n) is 17.1. The van der Waals surface area contributed by atoms with Crippen molar-refractivity contribution in [2.24, 2.45) is 12.0 Å². The van der Waals surface area contributed by atoms with Crippen molar-refractivity contribution in [3.05, 3.63) is 42.2 Å². The summed E-state index contributed by atoms with van der Waals surface area (Å²) < 4.78 is 12.9. The molecule has 1 fully saturated rings. The van der Waals surface area contributed by atoms with Gasteiger partial charge in [0.05, 0.1) is 19.9 Å². The zero-order chi connectivity index (χ0) is 19.8. The maximum absolute atomic E-state index is 5.80. The van der Waals surface area contributed by atoms with Gasteiger partial charge in [-0.2, -0.15) is 5.10 Å². The molecule has 1 aliphatic heterocycles. The second kappa shape index (κ2) is 10.0. The SMILES string of the molecule is CCNC(=NCCCOc1cccc(OC)c1)N1CCC(c2cnn(C)c2)C1. The van der Waals surface area contributed by atoms with E-state index in [1.54, 1.807) is 7.11 Å². The summed E-state index contributed by atoms with van der Waals surface area (Å²) in [5.41, 5.74) is 1.31. The molecule has 7 nitrogen and oxygen atoms in total. The lowest BCUT2D eigenvalue weighted by atomic mass is 10.0. The van der Waals surface area contributed by atoms with Crippen molar-refractivity contribution in [2.45, 2.75) is 25.7 Å². The lowest BCUT2D eigenvalue weighted by Crippen LogP contribution is -2.40. The molecule has 2 heterocycles. The Bertz CT molecular complexity index is 774. The van der Waals surface area contributed by atoms with E-state index in [4.69, 9.17) is 14.5 Å². The van der Waals surface area contributed by atoms with Gasteiger partial charge < -0.3 is 19.7 Å². The van der Waals surface area contributed by atoms with Gasteiger partial charge in [0.1, 0.15) is 11.5 Å². The molecule has 0 aliphatic carbocycles. The van der Waals surface area contributed by atoms with Crippen LogP contribution < -0.4 is 14.8 Å². The summed E-state index contributed by atoms with van der Waals surface area (Å²) >= 11 is 0. The molecular weight excluding hydrogens is 354 g/mol. The highest BCUT2D eigenvalue weighted by Crippen LogP contribution is 2.26. The van der Waals surface area contributed by atoms with Gasteiger partial charge in [-0.25, -0.2) is 0 Å². The van der Waals surface area contributed by atoms with Gasteiger partial charge in [0, 0.05) is 57.8 Å². The minimum atomic E-state index is 0.522. The molecule has 1 aliphatic rings. The van der Waals surface area contributed by atoms with Crippen LogP contribution in [-0.2, 0) is 7.05 Å². The average molecular weight is 386 g/mol. The first-order chi connectivity index (χ1) is 13.7. The Morgan fingerprint density at radius 1 is 1.36 bits per heavy atom. The number of rotatable bonds is 8. The molecular formula is C21H31N5O2. The van der Waals surface area contributed by atoms with Crippen molar-refractivity contribution < 1.29 is 9.47 Å². The van der Waals surface area contributed by atoms with E-state index in [0.29, 0.717) is 12.5 Å². The third kappa shape index (κ3) is 5.41. The number of nitrogens with zero attached hydrogens (tertiary/aromatic N) is 4. The second-order valence-corrected chi connectivity index (χ2v) is 7.00. The number of ether oxygens (including phenoxy) is 2. The van der Waals surface area contributed by atoms with E-state index in [-0.39, 0.29) is 0 Å². The quantitative estimate of drug-likeness (QED) is 0.430. The molecule has 3 rings (SSSR count). The van der Waals surface area contributed by atoms with Crippen LogP contribution in [0.3, 0.4) is 0 Å². The van der Waals surface area contributed by atoms with Gasteiger partial charge in [-0.05, 0) is 31.0 Å². The maximum atomic E-state index is 5.80. The summed E-state index contributed by atoms with van der Waals surface area (Å²) in [5, 5.41) is 7.73. The lowest BCUT2D eigenvalue weighted by Gasteiger charge is -2.21. The average Bonchev–Trinajstić information content (AvgIpc) is 3.36. The molecule has 7 heteroatoms. The fourth-order valence-electron chi connectivity index (χ4n) is 3.43. The van der Waals surface area contributed by atoms with Crippen molar-refractivity contribution in [2.75, 3.05) is 39.9 Å². The fraction of sp³-hybridized carbons (Fsp3) is 0.524. The minimum Gasteiger partial charge on any atom is -0.497 e. The molecule has 1 aromatic carbocycles. The van der Waals surface area contributed by atoms with E-state index >= 15 is 0 Å². The monoisotopic (exact) mass is 385 g/mol. The molecule has 0 saturated carbocycles. The molecule has 28 heavy (non-hydrogen) atoms. The first kappa shape index (κ1) is 20.0. The first-order valence-corrected chi connectivity index (χ1v) is 9.98. The number of methoxy groups -OCH3 is 1.